The van der Waals surface area contributed by atoms with Gasteiger partial charge >= 0.3 is 0 Å². The number of hydrogen-bond donors (Lipinski definition) is 0. The first-order valence-corrected chi connectivity index (χ1v) is 35.9. The van der Waals surface area contributed by atoms with E-state index >= 15 is 0 Å². The monoisotopic (exact) mass is 1320 g/mol. The van der Waals surface area contributed by atoms with Gasteiger partial charge in [0.2, 0.25) is 0 Å². The number of rotatable bonds is 8. The average molecular weight is 1320 g/mol. The molecule has 102 heavy (non-hydrogen) atoms. The number of fused-ring (bicyclic) bond motifs is 14. The molecule has 0 saturated carbocycles. The highest BCUT2D eigenvalue weighted by molar-refractivity contribution is 5.94. The SMILES string of the molecule is CC1(C)c2cc(-c3ccc(-c4nc(-c5ccccc5)nc(-c5ccccc5)n4)cc3)ccc2-c2ccc3c(c21)C(C)(C)C(C)(C)c1ccccc1-3.CC1(C)c2cc(-c3cccc(-c4nc(-c5ccccc5)nc(-c5ccccc5)n4)c3)ccc2-c2c1ccc1c2C(C)(C)C(C)(C)c2ccccc2-1. The van der Waals surface area contributed by atoms with E-state index in [4.69, 9.17) is 29.9 Å². The summed E-state index contributed by atoms with van der Waals surface area (Å²) in [5, 5.41) is 0. The predicted molar refractivity (Wildman–Crippen MR) is 421 cm³/mol. The molecule has 6 nitrogen and oxygen atoms in total. The maximum atomic E-state index is 5.00. The Kier molecular flexibility index (Phi) is 14.8. The normalized spacial score (nSPS) is 15.7. The first-order valence-electron chi connectivity index (χ1n) is 35.9. The number of nitrogens with zero attached hydrogens (tertiary/aromatic N) is 6. The molecular formula is C96H82N6. The highest BCUT2D eigenvalue weighted by Gasteiger charge is 2.52. The minimum Gasteiger partial charge on any atom is -0.208 e. The summed E-state index contributed by atoms with van der Waals surface area (Å²) in [6, 6.07) is 99.6. The molecule has 0 spiro atoms. The van der Waals surface area contributed by atoms with Gasteiger partial charge in [0, 0.05) is 49.6 Å². The van der Waals surface area contributed by atoms with Crippen molar-refractivity contribution in [2.24, 2.45) is 0 Å². The van der Waals surface area contributed by atoms with E-state index in [2.05, 4.69) is 241 Å². The fourth-order valence-corrected chi connectivity index (χ4v) is 17.2. The van der Waals surface area contributed by atoms with Crippen molar-refractivity contribution < 1.29 is 0 Å². The van der Waals surface area contributed by atoms with E-state index < -0.39 is 0 Å². The summed E-state index contributed by atoms with van der Waals surface area (Å²) < 4.78 is 0. The van der Waals surface area contributed by atoms with Crippen molar-refractivity contribution in [3.05, 3.63) is 324 Å². The predicted octanol–water partition coefficient (Wildman–Crippen LogP) is 24.2. The van der Waals surface area contributed by atoms with E-state index in [-0.39, 0.29) is 32.5 Å². The van der Waals surface area contributed by atoms with Gasteiger partial charge in [-0.05, 0) is 146 Å². The molecule has 0 radical (unpaired) electrons. The van der Waals surface area contributed by atoms with Crippen molar-refractivity contribution in [1.29, 1.82) is 0 Å². The fraction of sp³-hybridized carbons (Fsp3) is 0.188. The maximum absolute atomic E-state index is 5.00. The Balaban J connectivity index is 0.000000152. The molecule has 6 heteroatoms. The van der Waals surface area contributed by atoms with Gasteiger partial charge in [0.1, 0.15) is 0 Å². The molecule has 0 saturated heterocycles. The summed E-state index contributed by atoms with van der Waals surface area (Å²) in [5.74, 6) is 3.99. The maximum Gasteiger partial charge on any atom is 0.164 e. The van der Waals surface area contributed by atoms with E-state index in [0.717, 1.165) is 38.9 Å². The van der Waals surface area contributed by atoms with Crippen LogP contribution in [0, 0.1) is 0 Å². The summed E-state index contributed by atoms with van der Waals surface area (Å²) in [4.78, 5) is 29.6. The van der Waals surface area contributed by atoms with Crippen LogP contribution < -0.4 is 0 Å². The Morgan fingerprint density at radius 1 is 0.176 bits per heavy atom. The minimum absolute atomic E-state index is 0.0221. The van der Waals surface area contributed by atoms with Gasteiger partial charge in [0.25, 0.3) is 0 Å². The number of benzene rings is 12. The van der Waals surface area contributed by atoms with Crippen LogP contribution in [0.25, 0.3) is 135 Å². The second-order valence-electron chi connectivity index (χ2n) is 31.4. The zero-order valence-corrected chi connectivity index (χ0v) is 60.2. The van der Waals surface area contributed by atoms with Gasteiger partial charge in [-0.3, -0.25) is 0 Å². The quantitative estimate of drug-likeness (QED) is 0.151. The fourth-order valence-electron chi connectivity index (χ4n) is 17.2. The van der Waals surface area contributed by atoms with Crippen molar-refractivity contribution in [2.45, 2.75) is 116 Å². The van der Waals surface area contributed by atoms with Crippen molar-refractivity contribution >= 4 is 0 Å². The van der Waals surface area contributed by atoms with E-state index in [1.54, 1.807) is 0 Å². The van der Waals surface area contributed by atoms with Gasteiger partial charge in [-0.25, -0.2) is 29.9 Å². The van der Waals surface area contributed by atoms with Gasteiger partial charge in [-0.15, -0.1) is 0 Å². The average Bonchev–Trinajstić information content (AvgIpc) is 1.40. The zero-order chi connectivity index (χ0) is 70.2. The summed E-state index contributed by atoms with van der Waals surface area (Å²) in [6.45, 7) is 29.1. The number of hydrogen-bond acceptors (Lipinski definition) is 6. The van der Waals surface area contributed by atoms with Crippen molar-refractivity contribution in [2.75, 3.05) is 0 Å². The first-order chi connectivity index (χ1) is 49.1. The van der Waals surface area contributed by atoms with Crippen LogP contribution in [-0.4, -0.2) is 29.9 Å². The summed E-state index contributed by atoms with van der Waals surface area (Å²) in [5.41, 5.74) is 32.5. The second-order valence-corrected chi connectivity index (χ2v) is 31.4. The zero-order valence-electron chi connectivity index (χ0n) is 60.2. The van der Waals surface area contributed by atoms with Gasteiger partial charge in [-0.1, -0.05) is 344 Å². The number of aromatic nitrogens is 6. The largest absolute Gasteiger partial charge is 0.208 e. The third-order valence-electron chi connectivity index (χ3n) is 24.1. The Labute approximate surface area is 600 Å². The standard InChI is InChI=1S/2C48H41N3/c1-46(2)39-27-26-36-35-22-13-14-23-38(35)47(3,4)48(5,6)42(36)41(39)37-25-24-33(29-40(37)46)32-20-15-21-34(28-32)45-50-43(30-16-9-7-10-17-30)49-44(51-45)31-18-11-8-12-19-31;1-46(2)40-29-34(25-26-36(40)37-27-28-38-35-19-13-14-20-39(35)47(3,4)48(5,6)42(38)41(37)46)30-21-23-33(24-22-30)45-50-43(31-15-9-7-10-16-31)49-44(51-45)32-17-11-8-12-18-32/h2*7-29H,1-6H3. The van der Waals surface area contributed by atoms with Crippen LogP contribution >= 0.6 is 0 Å². The highest BCUT2D eigenvalue weighted by Crippen LogP contribution is 2.63. The van der Waals surface area contributed by atoms with E-state index in [1.165, 1.54) is 106 Å². The summed E-state index contributed by atoms with van der Waals surface area (Å²) in [6.07, 6.45) is 0. The molecule has 4 aliphatic carbocycles. The lowest BCUT2D eigenvalue weighted by Gasteiger charge is -2.50. The molecule has 0 amide bonds. The van der Waals surface area contributed by atoms with Crippen molar-refractivity contribution in [3.8, 4) is 135 Å². The van der Waals surface area contributed by atoms with Gasteiger partial charge in [-0.2, -0.15) is 0 Å². The van der Waals surface area contributed by atoms with Gasteiger partial charge < -0.3 is 0 Å². The molecule has 0 bridgehead atoms. The smallest absolute Gasteiger partial charge is 0.164 e. The van der Waals surface area contributed by atoms with Crippen LogP contribution in [0.3, 0.4) is 0 Å². The Morgan fingerprint density at radius 3 is 0.961 bits per heavy atom. The van der Waals surface area contributed by atoms with Crippen molar-refractivity contribution in [1.82, 2.24) is 29.9 Å². The highest BCUT2D eigenvalue weighted by atomic mass is 15.0. The molecule has 2 aromatic heterocycles. The lowest BCUT2D eigenvalue weighted by molar-refractivity contribution is 0.295. The lowest BCUT2D eigenvalue weighted by Crippen LogP contribution is -2.45. The van der Waals surface area contributed by atoms with Crippen molar-refractivity contribution in [3.63, 3.8) is 0 Å². The second kappa shape index (κ2) is 23.6. The van der Waals surface area contributed by atoms with Crippen LogP contribution in [0.4, 0.5) is 0 Å². The van der Waals surface area contributed by atoms with Gasteiger partial charge in [0.05, 0.1) is 0 Å². The molecule has 0 aliphatic heterocycles. The first kappa shape index (κ1) is 64.1. The van der Waals surface area contributed by atoms with Crippen LogP contribution in [0.2, 0.25) is 0 Å². The third kappa shape index (κ3) is 10.0. The van der Waals surface area contributed by atoms with E-state index in [0.29, 0.717) is 34.9 Å². The summed E-state index contributed by atoms with van der Waals surface area (Å²) >= 11 is 0. The Bertz CT molecular complexity index is 5550. The van der Waals surface area contributed by atoms with E-state index in [9.17, 15) is 0 Å². The molecule has 0 fully saturated rings. The van der Waals surface area contributed by atoms with Crippen LogP contribution in [0.5, 0.6) is 0 Å². The molecule has 14 aromatic rings. The van der Waals surface area contributed by atoms with Crippen LogP contribution in [-0.2, 0) is 32.5 Å². The molecular weight excluding hydrogens is 1240 g/mol. The molecule has 0 atom stereocenters. The topological polar surface area (TPSA) is 77.3 Å². The third-order valence-corrected chi connectivity index (χ3v) is 24.1. The Hall–Kier alpha value is -11.3. The van der Waals surface area contributed by atoms with Gasteiger partial charge in [0.15, 0.2) is 34.9 Å². The molecule has 12 aromatic carbocycles. The molecule has 496 valence electrons. The molecule has 2 heterocycles. The van der Waals surface area contributed by atoms with E-state index in [1.807, 2.05) is 121 Å². The van der Waals surface area contributed by atoms with Crippen LogP contribution in [0.15, 0.2) is 279 Å². The lowest BCUT2D eigenvalue weighted by atomic mass is 9.53. The Morgan fingerprint density at radius 2 is 0.480 bits per heavy atom. The minimum atomic E-state index is -0.155. The molecule has 0 N–H and O–H groups in total. The van der Waals surface area contributed by atoms with Crippen LogP contribution in [0.1, 0.15) is 128 Å². The summed E-state index contributed by atoms with van der Waals surface area (Å²) in [7, 11) is 0. The molecule has 18 rings (SSSR count). The molecule has 0 unspecified atom stereocenters. The molecule has 4 aliphatic rings.